The van der Waals surface area contributed by atoms with Gasteiger partial charge in [0.25, 0.3) is 0 Å². The average Bonchev–Trinajstić information content (AvgIpc) is 2.84. The Balaban J connectivity index is 2.27. The summed E-state index contributed by atoms with van der Waals surface area (Å²) in [6, 6.07) is 3.12. The third-order valence-electron chi connectivity index (χ3n) is 2.59. The van der Waals surface area contributed by atoms with E-state index >= 15 is 0 Å². The number of halogens is 1. The summed E-state index contributed by atoms with van der Waals surface area (Å²) in [5.41, 5.74) is 7.41. The Morgan fingerprint density at radius 1 is 1.47 bits per heavy atom. The van der Waals surface area contributed by atoms with Crippen LogP contribution in [0.2, 0.25) is 0 Å². The van der Waals surface area contributed by atoms with Crippen LogP contribution in [-0.4, -0.2) is 18.4 Å². The number of nitrogens with one attached hydrogen (secondary N) is 2. The van der Waals surface area contributed by atoms with Crippen LogP contribution in [0, 0.1) is 6.92 Å². The molecule has 0 amide bonds. The molecule has 0 unspecified atom stereocenters. The molecule has 19 heavy (non-hydrogen) atoms. The molecule has 6 nitrogen and oxygen atoms in total. The number of anilines is 1. The molecule has 0 fully saturated rings. The van der Waals surface area contributed by atoms with Crippen molar-refractivity contribution in [1.29, 1.82) is 0 Å². The number of hydrogen-bond donors (Lipinski definition) is 3. The van der Waals surface area contributed by atoms with Crippen LogP contribution in [0.4, 0.5) is 5.69 Å². The highest BCUT2D eigenvalue weighted by Gasteiger charge is 2.18. The lowest BCUT2D eigenvalue weighted by atomic mass is 10.2. The molecule has 102 valence electrons. The predicted molar refractivity (Wildman–Crippen MR) is 75.9 cm³/mol. The SMILES string of the molecule is Cc1cc(Br)c(N)cc1S(=O)(=O)NCc1cnc[nH]1. The minimum absolute atomic E-state index is 0.151. The summed E-state index contributed by atoms with van der Waals surface area (Å²) in [7, 11) is -3.60. The second kappa shape index (κ2) is 5.32. The maximum Gasteiger partial charge on any atom is 0.241 e. The van der Waals surface area contributed by atoms with Gasteiger partial charge in [-0.25, -0.2) is 18.1 Å². The first-order valence-electron chi connectivity index (χ1n) is 5.42. The molecule has 0 atom stereocenters. The summed E-state index contributed by atoms with van der Waals surface area (Å²) >= 11 is 3.26. The smallest absolute Gasteiger partial charge is 0.241 e. The zero-order chi connectivity index (χ0) is 14.0. The summed E-state index contributed by atoms with van der Waals surface area (Å²) in [5, 5.41) is 0. The van der Waals surface area contributed by atoms with Gasteiger partial charge < -0.3 is 10.7 Å². The van der Waals surface area contributed by atoms with Gasteiger partial charge in [-0.15, -0.1) is 0 Å². The molecule has 1 aromatic heterocycles. The van der Waals surface area contributed by atoms with Crippen LogP contribution in [0.3, 0.4) is 0 Å². The number of aryl methyl sites for hydroxylation is 1. The number of nitrogens with zero attached hydrogens (tertiary/aromatic N) is 1. The van der Waals surface area contributed by atoms with Gasteiger partial charge in [0, 0.05) is 22.1 Å². The first kappa shape index (κ1) is 14.0. The van der Waals surface area contributed by atoms with Gasteiger partial charge in [-0.1, -0.05) is 0 Å². The van der Waals surface area contributed by atoms with E-state index in [9.17, 15) is 8.42 Å². The minimum atomic E-state index is -3.60. The number of imidazole rings is 1. The van der Waals surface area contributed by atoms with E-state index in [2.05, 4.69) is 30.6 Å². The molecule has 1 aromatic carbocycles. The number of nitrogens with two attached hydrogens (primary N) is 1. The Kier molecular flexibility index (Phi) is 3.93. The van der Waals surface area contributed by atoms with Gasteiger partial charge in [-0.3, -0.25) is 0 Å². The fourth-order valence-electron chi connectivity index (χ4n) is 1.59. The average molecular weight is 345 g/mol. The quantitative estimate of drug-likeness (QED) is 0.732. The molecular formula is C11H13BrN4O2S. The Labute approximate surface area is 119 Å². The van der Waals surface area contributed by atoms with Gasteiger partial charge in [-0.05, 0) is 40.5 Å². The van der Waals surface area contributed by atoms with Crippen LogP contribution in [-0.2, 0) is 16.6 Å². The van der Waals surface area contributed by atoms with Crippen molar-refractivity contribution in [3.05, 3.63) is 40.4 Å². The Morgan fingerprint density at radius 2 is 2.21 bits per heavy atom. The number of aromatic amines is 1. The number of sulfonamides is 1. The van der Waals surface area contributed by atoms with E-state index in [1.807, 2.05) is 0 Å². The van der Waals surface area contributed by atoms with E-state index in [1.54, 1.807) is 19.2 Å². The van der Waals surface area contributed by atoms with E-state index in [0.717, 1.165) is 0 Å². The first-order chi connectivity index (χ1) is 8.90. The lowest BCUT2D eigenvalue weighted by molar-refractivity contribution is 0.580. The number of hydrogen-bond acceptors (Lipinski definition) is 4. The van der Waals surface area contributed by atoms with Crippen LogP contribution < -0.4 is 10.5 Å². The molecular weight excluding hydrogens is 332 g/mol. The molecule has 1 heterocycles. The summed E-state index contributed by atoms with van der Waals surface area (Å²) in [6.45, 7) is 1.87. The maximum absolute atomic E-state index is 12.2. The summed E-state index contributed by atoms with van der Waals surface area (Å²) < 4.78 is 27.6. The fraction of sp³-hybridized carbons (Fsp3) is 0.182. The third-order valence-corrected chi connectivity index (χ3v) is 4.82. The zero-order valence-corrected chi connectivity index (χ0v) is 12.5. The van der Waals surface area contributed by atoms with E-state index < -0.39 is 10.0 Å². The van der Waals surface area contributed by atoms with E-state index in [1.165, 1.54) is 12.4 Å². The van der Waals surface area contributed by atoms with Crippen molar-refractivity contribution in [2.75, 3.05) is 5.73 Å². The number of rotatable bonds is 4. The lowest BCUT2D eigenvalue weighted by Gasteiger charge is -2.10. The van der Waals surface area contributed by atoms with Crippen LogP contribution in [0.1, 0.15) is 11.3 Å². The highest BCUT2D eigenvalue weighted by molar-refractivity contribution is 9.10. The Hall–Kier alpha value is -1.38. The molecule has 0 aliphatic heterocycles. The van der Waals surface area contributed by atoms with Crippen LogP contribution >= 0.6 is 15.9 Å². The van der Waals surface area contributed by atoms with Crippen molar-refractivity contribution in [2.45, 2.75) is 18.4 Å². The van der Waals surface area contributed by atoms with E-state index in [0.29, 0.717) is 21.4 Å². The Morgan fingerprint density at radius 3 is 2.84 bits per heavy atom. The van der Waals surface area contributed by atoms with Gasteiger partial charge in [0.1, 0.15) is 0 Å². The van der Waals surface area contributed by atoms with Crippen molar-refractivity contribution >= 4 is 31.6 Å². The topological polar surface area (TPSA) is 101 Å². The standard InChI is InChI=1S/C11H13BrN4O2S/c1-7-2-9(12)10(13)3-11(7)19(17,18)16-5-8-4-14-6-15-8/h2-4,6,16H,5,13H2,1H3,(H,14,15). The summed E-state index contributed by atoms with van der Waals surface area (Å²) in [4.78, 5) is 6.82. The highest BCUT2D eigenvalue weighted by Crippen LogP contribution is 2.26. The molecule has 0 bridgehead atoms. The molecule has 0 spiro atoms. The zero-order valence-electron chi connectivity index (χ0n) is 10.1. The van der Waals surface area contributed by atoms with Crippen LogP contribution in [0.25, 0.3) is 0 Å². The number of nitrogen functional groups attached to an aromatic ring is 1. The normalized spacial score (nSPS) is 11.7. The number of H-pyrrole nitrogens is 1. The van der Waals surface area contributed by atoms with Gasteiger partial charge >= 0.3 is 0 Å². The van der Waals surface area contributed by atoms with Crippen molar-refractivity contribution in [3.8, 4) is 0 Å². The fourth-order valence-corrected chi connectivity index (χ4v) is 3.31. The van der Waals surface area contributed by atoms with Gasteiger partial charge in [0.05, 0.1) is 17.8 Å². The van der Waals surface area contributed by atoms with Crippen molar-refractivity contribution in [3.63, 3.8) is 0 Å². The minimum Gasteiger partial charge on any atom is -0.398 e. The van der Waals surface area contributed by atoms with Crippen LogP contribution in [0.15, 0.2) is 34.0 Å². The number of aromatic nitrogens is 2. The predicted octanol–water partition coefficient (Wildman–Crippen LogP) is 1.54. The molecule has 2 aromatic rings. The summed E-state index contributed by atoms with van der Waals surface area (Å²) in [6.07, 6.45) is 3.05. The monoisotopic (exact) mass is 344 g/mol. The maximum atomic E-state index is 12.2. The highest BCUT2D eigenvalue weighted by atomic mass is 79.9. The molecule has 0 radical (unpaired) electrons. The molecule has 0 saturated carbocycles. The van der Waals surface area contributed by atoms with Gasteiger partial charge in [0.15, 0.2) is 0 Å². The Bertz CT molecular complexity index is 683. The third kappa shape index (κ3) is 3.14. The molecule has 0 aliphatic rings. The molecule has 2 rings (SSSR count). The molecule has 8 heteroatoms. The van der Waals surface area contributed by atoms with Gasteiger partial charge in [0.2, 0.25) is 10.0 Å². The lowest BCUT2D eigenvalue weighted by Crippen LogP contribution is -2.24. The van der Waals surface area contributed by atoms with Crippen molar-refractivity contribution in [1.82, 2.24) is 14.7 Å². The van der Waals surface area contributed by atoms with Crippen molar-refractivity contribution in [2.24, 2.45) is 0 Å². The second-order valence-corrected chi connectivity index (χ2v) is 6.63. The summed E-state index contributed by atoms with van der Waals surface area (Å²) in [5.74, 6) is 0. The van der Waals surface area contributed by atoms with Crippen molar-refractivity contribution < 1.29 is 8.42 Å². The van der Waals surface area contributed by atoms with Crippen LogP contribution in [0.5, 0.6) is 0 Å². The first-order valence-corrected chi connectivity index (χ1v) is 7.70. The molecule has 0 aliphatic carbocycles. The van der Waals surface area contributed by atoms with Gasteiger partial charge in [-0.2, -0.15) is 0 Å². The second-order valence-electron chi connectivity index (χ2n) is 4.04. The van der Waals surface area contributed by atoms with E-state index in [-0.39, 0.29) is 11.4 Å². The molecule has 4 N–H and O–H groups in total. The molecule has 0 saturated heterocycles. The largest absolute Gasteiger partial charge is 0.398 e. The number of benzene rings is 1. The van der Waals surface area contributed by atoms with E-state index in [4.69, 9.17) is 5.73 Å².